The van der Waals surface area contributed by atoms with E-state index in [1.54, 1.807) is 25.1 Å². The Morgan fingerprint density at radius 3 is 2.32 bits per heavy atom. The summed E-state index contributed by atoms with van der Waals surface area (Å²) in [7, 11) is 0. The monoisotopic (exact) mass is 418 g/mol. The Kier molecular flexibility index (Phi) is 6.97. The molecule has 0 bridgehead atoms. The fourth-order valence-corrected chi connectivity index (χ4v) is 3.85. The van der Waals surface area contributed by atoms with Crippen molar-refractivity contribution in [3.63, 3.8) is 0 Å². The smallest absolute Gasteiger partial charge is 0.254 e. The number of benzene rings is 2. The molecule has 0 radical (unpaired) electrons. The standard InChI is InChI=1S/C22H24Cl2N2O2/c1-16(27)26-13-7-3-2-6-12-25(15-18-8-4-5-9-21(18)26)22(28)17-10-11-19(23)20(24)14-17/h4-5,8-11,14H,2-3,6-7,12-13,15H2,1H3. The summed E-state index contributed by atoms with van der Waals surface area (Å²) >= 11 is 12.1. The summed E-state index contributed by atoms with van der Waals surface area (Å²) in [5, 5.41) is 0.798. The van der Waals surface area contributed by atoms with Gasteiger partial charge in [-0.25, -0.2) is 0 Å². The molecule has 28 heavy (non-hydrogen) atoms. The van der Waals surface area contributed by atoms with Gasteiger partial charge in [0.05, 0.1) is 10.0 Å². The van der Waals surface area contributed by atoms with Gasteiger partial charge in [0.15, 0.2) is 0 Å². The second kappa shape index (κ2) is 9.44. The maximum Gasteiger partial charge on any atom is 0.254 e. The third-order valence-electron chi connectivity index (χ3n) is 5.04. The van der Waals surface area contributed by atoms with Crippen LogP contribution in [0.1, 0.15) is 48.5 Å². The number of hydrogen-bond donors (Lipinski definition) is 0. The Labute approximate surface area is 176 Å². The minimum Gasteiger partial charge on any atom is -0.334 e. The van der Waals surface area contributed by atoms with Gasteiger partial charge in [0.25, 0.3) is 5.91 Å². The Balaban J connectivity index is 1.95. The first-order chi connectivity index (χ1) is 13.5. The number of hydrogen-bond acceptors (Lipinski definition) is 2. The third kappa shape index (κ3) is 4.86. The van der Waals surface area contributed by atoms with E-state index in [4.69, 9.17) is 23.2 Å². The number of halogens is 2. The van der Waals surface area contributed by atoms with Gasteiger partial charge in [-0.1, -0.05) is 54.2 Å². The van der Waals surface area contributed by atoms with E-state index in [-0.39, 0.29) is 11.8 Å². The van der Waals surface area contributed by atoms with Gasteiger partial charge in [-0.15, -0.1) is 0 Å². The molecule has 2 aromatic carbocycles. The number of rotatable bonds is 1. The van der Waals surface area contributed by atoms with Crippen molar-refractivity contribution in [2.45, 2.75) is 39.2 Å². The van der Waals surface area contributed by atoms with Gasteiger partial charge in [-0.3, -0.25) is 9.59 Å². The highest BCUT2D eigenvalue weighted by molar-refractivity contribution is 6.42. The highest BCUT2D eigenvalue weighted by atomic mass is 35.5. The van der Waals surface area contributed by atoms with Crippen molar-refractivity contribution in [3.05, 3.63) is 63.6 Å². The molecule has 0 unspecified atom stereocenters. The van der Waals surface area contributed by atoms with Gasteiger partial charge in [0, 0.05) is 37.8 Å². The number of anilines is 1. The lowest BCUT2D eigenvalue weighted by molar-refractivity contribution is -0.116. The molecule has 0 spiro atoms. The fourth-order valence-electron chi connectivity index (χ4n) is 3.55. The highest BCUT2D eigenvalue weighted by Gasteiger charge is 2.21. The van der Waals surface area contributed by atoms with Crippen molar-refractivity contribution in [3.8, 4) is 0 Å². The largest absolute Gasteiger partial charge is 0.334 e. The predicted molar refractivity (Wildman–Crippen MR) is 114 cm³/mol. The summed E-state index contributed by atoms with van der Waals surface area (Å²) in [5.74, 6) is -0.0592. The minimum absolute atomic E-state index is 0.0223. The van der Waals surface area contributed by atoms with Crippen LogP contribution >= 0.6 is 23.2 Å². The molecule has 0 aliphatic carbocycles. The highest BCUT2D eigenvalue weighted by Crippen LogP contribution is 2.27. The van der Waals surface area contributed by atoms with Gasteiger partial charge < -0.3 is 9.80 Å². The minimum atomic E-state index is -0.0815. The summed E-state index contributed by atoms with van der Waals surface area (Å²) in [6.45, 7) is 3.40. The van der Waals surface area contributed by atoms with Crippen molar-refractivity contribution in [1.29, 1.82) is 0 Å². The van der Waals surface area contributed by atoms with E-state index >= 15 is 0 Å². The van der Waals surface area contributed by atoms with Gasteiger partial charge in [-0.2, -0.15) is 0 Å². The molecule has 0 aromatic heterocycles. The average molecular weight is 419 g/mol. The SMILES string of the molecule is CC(=O)N1CCCCCCN(C(=O)c2ccc(Cl)c(Cl)c2)Cc2ccccc21. The zero-order valence-electron chi connectivity index (χ0n) is 16.0. The number of carbonyl (C=O) groups is 2. The molecule has 148 valence electrons. The van der Waals surface area contributed by atoms with Crippen molar-refractivity contribution < 1.29 is 9.59 Å². The summed E-state index contributed by atoms with van der Waals surface area (Å²) in [6, 6.07) is 12.8. The summed E-state index contributed by atoms with van der Waals surface area (Å²) < 4.78 is 0. The van der Waals surface area contributed by atoms with E-state index < -0.39 is 0 Å². The zero-order valence-corrected chi connectivity index (χ0v) is 17.5. The van der Waals surface area contributed by atoms with Crippen LogP contribution in [0.5, 0.6) is 0 Å². The van der Waals surface area contributed by atoms with E-state index in [2.05, 4.69) is 0 Å². The Morgan fingerprint density at radius 2 is 1.61 bits per heavy atom. The van der Waals surface area contributed by atoms with Crippen molar-refractivity contribution in [2.75, 3.05) is 18.0 Å². The average Bonchev–Trinajstić information content (AvgIpc) is 2.72. The molecule has 2 amide bonds. The molecule has 4 nitrogen and oxygen atoms in total. The molecular weight excluding hydrogens is 395 g/mol. The molecule has 0 atom stereocenters. The van der Waals surface area contributed by atoms with Gasteiger partial charge in [-0.05, 0) is 42.7 Å². The van der Waals surface area contributed by atoms with Crippen LogP contribution in [-0.4, -0.2) is 29.8 Å². The first-order valence-corrected chi connectivity index (χ1v) is 10.3. The first-order valence-electron chi connectivity index (χ1n) is 9.57. The molecule has 1 aliphatic heterocycles. The van der Waals surface area contributed by atoms with Gasteiger partial charge >= 0.3 is 0 Å². The lowest BCUT2D eigenvalue weighted by Gasteiger charge is -2.27. The van der Waals surface area contributed by atoms with Crippen LogP contribution in [0.25, 0.3) is 0 Å². The number of amides is 2. The van der Waals surface area contributed by atoms with Gasteiger partial charge in [0.1, 0.15) is 0 Å². The van der Waals surface area contributed by atoms with Crippen LogP contribution in [0.3, 0.4) is 0 Å². The van der Waals surface area contributed by atoms with E-state index in [9.17, 15) is 9.59 Å². The zero-order chi connectivity index (χ0) is 20.1. The summed E-state index contributed by atoms with van der Waals surface area (Å²) in [4.78, 5) is 29.1. The normalized spacial score (nSPS) is 15.5. The second-order valence-electron chi connectivity index (χ2n) is 7.07. The molecule has 0 saturated heterocycles. The summed E-state index contributed by atoms with van der Waals surface area (Å²) in [5.41, 5.74) is 2.36. The van der Waals surface area contributed by atoms with Crippen LogP contribution in [0, 0.1) is 0 Å². The van der Waals surface area contributed by atoms with Gasteiger partial charge in [0.2, 0.25) is 5.91 Å². The van der Waals surface area contributed by atoms with Crippen LogP contribution in [0.15, 0.2) is 42.5 Å². The van der Waals surface area contributed by atoms with Crippen molar-refractivity contribution in [2.24, 2.45) is 0 Å². The Bertz CT molecular complexity index is 869. The lowest BCUT2D eigenvalue weighted by atomic mass is 10.1. The van der Waals surface area contributed by atoms with Crippen LogP contribution < -0.4 is 4.90 Å². The third-order valence-corrected chi connectivity index (χ3v) is 5.78. The van der Waals surface area contributed by atoms with Crippen LogP contribution in [-0.2, 0) is 11.3 Å². The quantitative estimate of drug-likeness (QED) is 0.607. The Morgan fingerprint density at radius 1 is 0.893 bits per heavy atom. The van der Waals surface area contributed by atoms with Crippen molar-refractivity contribution in [1.82, 2.24) is 4.90 Å². The second-order valence-corrected chi connectivity index (χ2v) is 7.88. The van der Waals surface area contributed by atoms with E-state index in [1.165, 1.54) is 0 Å². The number of para-hydroxylation sites is 1. The molecule has 6 heteroatoms. The first kappa shape index (κ1) is 20.7. The predicted octanol–water partition coefficient (Wildman–Crippen LogP) is 5.56. The number of fused-ring (bicyclic) bond motifs is 1. The number of carbonyl (C=O) groups excluding carboxylic acids is 2. The van der Waals surface area contributed by atoms with Crippen molar-refractivity contribution >= 4 is 40.7 Å². The summed E-state index contributed by atoms with van der Waals surface area (Å²) in [6.07, 6.45) is 3.93. The molecular formula is C22H24Cl2N2O2. The molecule has 1 aliphatic rings. The number of nitrogens with zero attached hydrogens (tertiary/aromatic N) is 2. The van der Waals surface area contributed by atoms with E-state index in [1.807, 2.05) is 34.1 Å². The molecule has 2 aromatic rings. The molecule has 0 N–H and O–H groups in total. The Hall–Kier alpha value is -2.04. The maximum absolute atomic E-state index is 13.2. The molecule has 3 rings (SSSR count). The maximum atomic E-state index is 13.2. The van der Waals surface area contributed by atoms with Crippen LogP contribution in [0.4, 0.5) is 5.69 Å². The molecule has 0 saturated carbocycles. The molecule has 1 heterocycles. The topological polar surface area (TPSA) is 40.6 Å². The fraction of sp³-hybridized carbons (Fsp3) is 0.364. The van der Waals surface area contributed by atoms with Crippen LogP contribution in [0.2, 0.25) is 10.0 Å². The van der Waals surface area contributed by atoms with E-state index in [0.717, 1.165) is 36.9 Å². The lowest BCUT2D eigenvalue weighted by Crippen LogP contribution is -2.33. The van der Waals surface area contributed by atoms with E-state index in [0.29, 0.717) is 35.2 Å². The molecule has 0 fully saturated rings.